The number of carbonyl (C=O) groups is 1. The van der Waals surface area contributed by atoms with Crippen LogP contribution in [0.1, 0.15) is 27.7 Å². The van der Waals surface area contributed by atoms with Crippen LogP contribution in [-0.4, -0.2) is 53.2 Å². The van der Waals surface area contributed by atoms with Crippen LogP contribution in [0.25, 0.3) is 0 Å². The average molecular weight is 372 g/mol. The van der Waals surface area contributed by atoms with E-state index in [-0.39, 0.29) is 12.5 Å². The molecule has 1 aromatic heterocycles. The fourth-order valence-corrected chi connectivity index (χ4v) is 6.69. The maximum Gasteiger partial charge on any atom is 0.325 e. The Kier molecular flexibility index (Phi) is 8.84. The molecule has 1 rings (SSSR count). The largest absolute Gasteiger partial charge is 0.468 e. The highest BCUT2D eigenvalue weighted by Crippen LogP contribution is 2.54. The third-order valence-corrected chi connectivity index (χ3v) is 8.57. The molecule has 0 saturated heterocycles. The fraction of sp³-hybridized carbons (Fsp3) is 0.625. The van der Waals surface area contributed by atoms with E-state index in [4.69, 9.17) is 21.3 Å². The number of esters is 1. The monoisotopic (exact) mass is 372 g/mol. The predicted octanol–water partition coefficient (Wildman–Crippen LogP) is 2.47. The van der Waals surface area contributed by atoms with Crippen LogP contribution in [-0.2, 0) is 27.9 Å². The highest BCUT2D eigenvalue weighted by Gasteiger charge is 2.28. The third kappa shape index (κ3) is 4.99. The molecule has 0 aliphatic heterocycles. The van der Waals surface area contributed by atoms with E-state index in [1.807, 2.05) is 24.4 Å². The van der Waals surface area contributed by atoms with E-state index in [9.17, 15) is 4.79 Å². The Balaban J connectivity index is 3.49. The zero-order valence-corrected chi connectivity index (χ0v) is 17.0. The second kappa shape index (κ2) is 10.1. The smallest absolute Gasteiger partial charge is 0.325 e. The number of methoxy groups -OCH3 is 1. The summed E-state index contributed by atoms with van der Waals surface area (Å²) in [5.74, 6) is -0.304. The summed E-state index contributed by atoms with van der Waals surface area (Å²) in [6.07, 6.45) is 1.83. The summed E-state index contributed by atoms with van der Waals surface area (Å²) in [5, 5.41) is 0. The quantitative estimate of drug-likeness (QED) is 0.492. The first-order chi connectivity index (χ1) is 11.5. The Bertz CT molecular complexity index is 623. The van der Waals surface area contributed by atoms with Gasteiger partial charge < -0.3 is 9.30 Å². The summed E-state index contributed by atoms with van der Waals surface area (Å²) < 4.78 is 16.1. The summed E-state index contributed by atoms with van der Waals surface area (Å²) in [7, 11) is 1.39. The van der Waals surface area contributed by atoms with Crippen LogP contribution in [0, 0.1) is 0 Å². The number of ether oxygens (including phenoxy) is 1. The van der Waals surface area contributed by atoms with Gasteiger partial charge in [0.05, 0.1) is 7.11 Å². The lowest BCUT2D eigenvalue weighted by Crippen LogP contribution is -2.33. The molecule has 0 aliphatic carbocycles. The maximum atomic E-state index is 11.7. The summed E-state index contributed by atoms with van der Waals surface area (Å²) in [5.41, 5.74) is 0.713. The van der Waals surface area contributed by atoms with E-state index >= 15 is 0 Å². The van der Waals surface area contributed by atoms with Gasteiger partial charge in [0.2, 0.25) is 0 Å². The van der Waals surface area contributed by atoms with Gasteiger partial charge in [0.25, 0.3) is 0 Å². The number of aromatic nitrogens is 1. The molecule has 0 fully saturated rings. The molecule has 0 radical (unpaired) electrons. The number of hydrogen-bond donors (Lipinski definition) is 0. The molecule has 1 heterocycles. The third-order valence-electron chi connectivity index (χ3n) is 3.87. The minimum Gasteiger partial charge on any atom is -0.468 e. The second-order valence-corrected chi connectivity index (χ2v) is 8.98. The van der Waals surface area contributed by atoms with Crippen LogP contribution in [0.4, 0.5) is 0 Å². The molecule has 0 unspecified atom stereocenters. The first kappa shape index (κ1) is 21.0. The van der Waals surface area contributed by atoms with E-state index in [0.29, 0.717) is 5.49 Å². The normalized spacial score (nSPS) is 12.9. The molecule has 1 aromatic rings. The van der Waals surface area contributed by atoms with Gasteiger partial charge in [-0.2, -0.15) is 0 Å². The maximum absolute atomic E-state index is 11.7. The molecule has 0 atom stereocenters. The van der Waals surface area contributed by atoms with Crippen molar-refractivity contribution >= 4 is 24.3 Å². The minimum absolute atomic E-state index is 0.127. The zero-order valence-electron chi connectivity index (χ0n) is 15.3. The molecule has 136 valence electrons. The number of nitrogens with zero attached hydrogens (tertiary/aromatic N) is 4. The number of hydrogen-bond acceptors (Lipinski definition) is 3. The van der Waals surface area contributed by atoms with E-state index < -0.39 is 6.49 Å². The molecule has 0 saturated carbocycles. The Morgan fingerprint density at radius 1 is 1.17 bits per heavy atom. The highest BCUT2D eigenvalue weighted by molar-refractivity contribution is 8.11. The number of pyridine rings is 1. The van der Waals surface area contributed by atoms with Crippen molar-refractivity contribution in [1.82, 2.24) is 13.9 Å². The Hall–Kier alpha value is -1.01. The van der Waals surface area contributed by atoms with Crippen LogP contribution >= 0.6 is 6.49 Å². The Morgan fingerprint density at radius 3 is 2.17 bits per heavy atom. The molecule has 0 amide bonds. The molecule has 0 aromatic carbocycles. The van der Waals surface area contributed by atoms with Crippen molar-refractivity contribution in [3.05, 3.63) is 29.9 Å². The van der Waals surface area contributed by atoms with Gasteiger partial charge in [-0.05, 0) is 23.9 Å². The lowest BCUT2D eigenvalue weighted by Gasteiger charge is -2.37. The van der Waals surface area contributed by atoms with E-state index in [1.54, 1.807) is 4.57 Å². The SMILES string of the molecule is CCN(CC)P(=S)(/N=c1\ccccn1CC(=O)OC)N(CC)CC. The van der Waals surface area contributed by atoms with Crippen molar-refractivity contribution in [3.8, 4) is 0 Å². The first-order valence-corrected chi connectivity index (χ1v) is 11.0. The van der Waals surface area contributed by atoms with Gasteiger partial charge in [-0.25, -0.2) is 14.1 Å². The molecule has 0 bridgehead atoms. The number of rotatable bonds is 9. The van der Waals surface area contributed by atoms with Crippen LogP contribution in [0.2, 0.25) is 0 Å². The van der Waals surface area contributed by atoms with Crippen molar-refractivity contribution in [2.75, 3.05) is 33.3 Å². The first-order valence-electron chi connectivity index (χ1n) is 8.36. The molecule has 0 N–H and O–H groups in total. The number of carbonyl (C=O) groups excluding carboxylic acids is 1. The molecule has 6 nitrogen and oxygen atoms in total. The lowest BCUT2D eigenvalue weighted by molar-refractivity contribution is -0.141. The average Bonchev–Trinajstić information content (AvgIpc) is 2.58. The molecule has 8 heteroatoms. The van der Waals surface area contributed by atoms with Gasteiger partial charge in [0.1, 0.15) is 12.0 Å². The molecule has 0 spiro atoms. The summed E-state index contributed by atoms with van der Waals surface area (Å²) in [6.45, 7) is 9.65. The van der Waals surface area contributed by atoms with Crippen LogP contribution in [0.3, 0.4) is 0 Å². The van der Waals surface area contributed by atoms with Crippen LogP contribution in [0.5, 0.6) is 0 Å². The van der Waals surface area contributed by atoms with E-state index in [1.165, 1.54) is 7.11 Å². The lowest BCUT2D eigenvalue weighted by atomic mass is 10.4. The molecular formula is C16H29N4O2PS. The molecule has 0 aliphatic rings. The minimum atomic E-state index is -2.29. The summed E-state index contributed by atoms with van der Waals surface area (Å²) >= 11 is 6.09. The molecular weight excluding hydrogens is 343 g/mol. The fourth-order valence-electron chi connectivity index (χ4n) is 2.52. The highest BCUT2D eigenvalue weighted by atomic mass is 32.4. The van der Waals surface area contributed by atoms with Gasteiger partial charge in [-0.1, -0.05) is 33.8 Å². The molecule has 24 heavy (non-hydrogen) atoms. The standard InChI is InChI=1S/C16H29N4O2PS/c1-6-19(7-2)23(24,20(8-3)9-4)17-15-12-10-11-13-18(15)14-16(21)22-5/h10-13H,6-9,14H2,1-5H3/b17-15+. The Morgan fingerprint density at radius 2 is 1.71 bits per heavy atom. The van der Waals surface area contributed by atoms with Gasteiger partial charge in [-0.15, -0.1) is 0 Å². The predicted molar refractivity (Wildman–Crippen MR) is 102 cm³/mol. The van der Waals surface area contributed by atoms with E-state index in [2.05, 4.69) is 37.0 Å². The van der Waals surface area contributed by atoms with E-state index in [0.717, 1.165) is 26.2 Å². The topological polar surface area (TPSA) is 50.1 Å². The second-order valence-electron chi connectivity index (χ2n) is 5.15. The van der Waals surface area contributed by atoms with Gasteiger partial charge >= 0.3 is 5.97 Å². The van der Waals surface area contributed by atoms with Gasteiger partial charge in [-0.3, -0.25) is 4.79 Å². The van der Waals surface area contributed by atoms with Crippen LogP contribution in [0.15, 0.2) is 29.2 Å². The Labute approximate surface area is 150 Å². The summed E-state index contributed by atoms with van der Waals surface area (Å²) in [6, 6.07) is 5.69. The van der Waals surface area contributed by atoms with Crippen molar-refractivity contribution < 1.29 is 9.53 Å². The van der Waals surface area contributed by atoms with Crippen molar-refractivity contribution in [2.24, 2.45) is 4.76 Å². The summed E-state index contributed by atoms with van der Waals surface area (Å²) in [4.78, 5) is 11.7. The van der Waals surface area contributed by atoms with Gasteiger partial charge in [0.15, 0.2) is 6.49 Å². The van der Waals surface area contributed by atoms with Crippen LogP contribution < -0.4 is 5.49 Å². The van der Waals surface area contributed by atoms with Crippen molar-refractivity contribution in [1.29, 1.82) is 0 Å². The van der Waals surface area contributed by atoms with Crippen molar-refractivity contribution in [3.63, 3.8) is 0 Å². The zero-order chi connectivity index (χ0) is 18.2. The van der Waals surface area contributed by atoms with Crippen molar-refractivity contribution in [2.45, 2.75) is 34.2 Å². The van der Waals surface area contributed by atoms with Gasteiger partial charge in [0, 0.05) is 32.4 Å².